The first-order chi connectivity index (χ1) is 20.8. The van der Waals surface area contributed by atoms with E-state index in [1.165, 1.54) is 17.2 Å². The van der Waals surface area contributed by atoms with Gasteiger partial charge in [0.2, 0.25) is 23.5 Å². The predicted octanol–water partition coefficient (Wildman–Crippen LogP) is 2.06. The number of piperidine rings is 1. The summed E-state index contributed by atoms with van der Waals surface area (Å²) < 4.78 is 10.5. The predicted molar refractivity (Wildman–Crippen MR) is 164 cm³/mol. The number of carbonyl (C=O) groups is 6. The molecule has 248 valence electrons. The molecule has 1 aliphatic carbocycles. The third kappa shape index (κ3) is 8.73. The third-order valence-electron chi connectivity index (χ3n) is 8.24. The number of amides is 5. The number of hydrogen-bond acceptors (Lipinski definition) is 8. The SMILES string of the molecule is C=CC[C@H](NC(=O)[C@@H]1[C@@H]2[C@H](CN1C(=O)[C@@H](NC(=O)OC(C)(C)C)C(C)(C)C)C2(C)C)C(=O)C(=O)NCC(=O)NCc1ccco1. The minimum atomic E-state index is -1.27. The van der Waals surface area contributed by atoms with Crippen LogP contribution in [0.4, 0.5) is 4.79 Å². The van der Waals surface area contributed by atoms with E-state index >= 15 is 0 Å². The molecule has 1 aliphatic heterocycles. The van der Waals surface area contributed by atoms with Gasteiger partial charge in [-0.1, -0.05) is 40.7 Å². The van der Waals surface area contributed by atoms with E-state index in [4.69, 9.17) is 9.15 Å². The molecule has 5 amide bonds. The van der Waals surface area contributed by atoms with Crippen LogP contribution in [0.3, 0.4) is 0 Å². The van der Waals surface area contributed by atoms with Crippen molar-refractivity contribution in [3.8, 4) is 0 Å². The Morgan fingerprint density at radius 2 is 1.76 bits per heavy atom. The van der Waals surface area contributed by atoms with Gasteiger partial charge in [-0.25, -0.2) is 4.79 Å². The van der Waals surface area contributed by atoms with Gasteiger partial charge in [0.25, 0.3) is 5.91 Å². The van der Waals surface area contributed by atoms with Crippen LogP contribution in [0.15, 0.2) is 35.5 Å². The Morgan fingerprint density at radius 3 is 2.31 bits per heavy atom. The summed E-state index contributed by atoms with van der Waals surface area (Å²) in [7, 11) is 0. The molecule has 2 fully saturated rings. The molecule has 4 N–H and O–H groups in total. The Hall–Kier alpha value is -4.16. The summed E-state index contributed by atoms with van der Waals surface area (Å²) in [6, 6.07) is 0.148. The van der Waals surface area contributed by atoms with Crippen LogP contribution >= 0.6 is 0 Å². The average Bonchev–Trinajstić information content (AvgIpc) is 3.36. The number of furan rings is 1. The molecule has 0 aromatic carbocycles. The van der Waals surface area contributed by atoms with Gasteiger partial charge >= 0.3 is 6.09 Å². The van der Waals surface area contributed by atoms with Crippen molar-refractivity contribution in [3.63, 3.8) is 0 Å². The molecule has 1 aromatic heterocycles. The highest BCUT2D eigenvalue weighted by atomic mass is 16.6. The summed E-state index contributed by atoms with van der Waals surface area (Å²) in [6.45, 7) is 18.2. The van der Waals surface area contributed by atoms with E-state index in [9.17, 15) is 28.8 Å². The van der Waals surface area contributed by atoms with Crippen molar-refractivity contribution in [1.82, 2.24) is 26.2 Å². The topological polar surface area (TPSA) is 176 Å². The van der Waals surface area contributed by atoms with Crippen LogP contribution in [0, 0.1) is 22.7 Å². The van der Waals surface area contributed by atoms with Gasteiger partial charge in [-0.3, -0.25) is 24.0 Å². The smallest absolute Gasteiger partial charge is 0.408 e. The molecular formula is C32H47N5O8. The zero-order valence-electron chi connectivity index (χ0n) is 27.4. The molecule has 1 saturated carbocycles. The molecule has 0 bridgehead atoms. The number of ketones is 1. The summed E-state index contributed by atoms with van der Waals surface area (Å²) in [6.07, 6.45) is 2.06. The second-order valence-electron chi connectivity index (χ2n) is 14.3. The first-order valence-corrected chi connectivity index (χ1v) is 15.1. The van der Waals surface area contributed by atoms with Gasteiger partial charge in [0.05, 0.1) is 19.4 Å². The Morgan fingerprint density at radius 1 is 1.09 bits per heavy atom. The second-order valence-corrected chi connectivity index (χ2v) is 14.3. The van der Waals surface area contributed by atoms with E-state index in [0.717, 1.165) is 0 Å². The maximum absolute atomic E-state index is 14.0. The quantitative estimate of drug-likeness (QED) is 0.201. The molecule has 0 spiro atoms. The molecule has 0 unspecified atom stereocenters. The number of likely N-dealkylation sites (tertiary alicyclic amines) is 1. The third-order valence-corrected chi connectivity index (χ3v) is 8.24. The summed E-state index contributed by atoms with van der Waals surface area (Å²) in [4.78, 5) is 79.9. The molecule has 2 heterocycles. The fourth-order valence-electron chi connectivity index (χ4n) is 5.78. The maximum Gasteiger partial charge on any atom is 0.408 e. The normalized spacial score (nSPS) is 21.4. The number of Topliss-reactive ketones (excluding diaryl/α,β-unsaturated/α-hetero) is 1. The number of nitrogens with zero attached hydrogens (tertiary/aromatic N) is 1. The lowest BCUT2D eigenvalue weighted by molar-refractivity contribution is -0.145. The molecule has 13 nitrogen and oxygen atoms in total. The second kappa shape index (κ2) is 13.5. The standard InChI is InChI=1S/C32H47N5O8/c1-10-12-20(24(39)27(41)34-16-21(38)33-15-18-13-11-14-44-18)35-26(40)23-22-19(32(22,8)9)17-37(23)28(42)25(30(2,3)4)36-29(43)45-31(5,6)7/h10-11,13-14,19-20,22-23,25H,1,12,15-17H2,2-9H3,(H,33,38)(H,34,41)(H,35,40)(H,36,43)/t19-,20-,22-,23-,25+/m0/s1. The van der Waals surface area contributed by atoms with Gasteiger partial charge in [-0.15, -0.1) is 6.58 Å². The largest absolute Gasteiger partial charge is 0.467 e. The molecule has 13 heteroatoms. The van der Waals surface area contributed by atoms with Gasteiger partial charge < -0.3 is 35.3 Å². The van der Waals surface area contributed by atoms with Crippen LogP contribution in [-0.2, 0) is 35.3 Å². The van der Waals surface area contributed by atoms with E-state index in [-0.39, 0.29) is 30.2 Å². The molecule has 2 aliphatic rings. The Kier molecular flexibility index (Phi) is 10.6. The number of carbonyl (C=O) groups excluding carboxylic acids is 6. The fraction of sp³-hybridized carbons (Fsp3) is 0.625. The molecule has 5 atom stereocenters. The van der Waals surface area contributed by atoms with Crippen molar-refractivity contribution in [1.29, 1.82) is 0 Å². The molecule has 45 heavy (non-hydrogen) atoms. The zero-order valence-corrected chi connectivity index (χ0v) is 27.4. The minimum absolute atomic E-state index is 0.0379. The summed E-state index contributed by atoms with van der Waals surface area (Å²) >= 11 is 0. The number of fused-ring (bicyclic) bond motifs is 1. The number of ether oxygens (including phenoxy) is 1. The van der Waals surface area contributed by atoms with E-state index in [1.54, 1.807) is 53.7 Å². The number of hydrogen-bond donors (Lipinski definition) is 4. The van der Waals surface area contributed by atoms with Crippen molar-refractivity contribution < 1.29 is 37.9 Å². The Bertz CT molecular complexity index is 1310. The highest BCUT2D eigenvalue weighted by Gasteiger charge is 2.70. The van der Waals surface area contributed by atoms with Gasteiger partial charge in [0.1, 0.15) is 29.5 Å². The van der Waals surface area contributed by atoms with Crippen LogP contribution in [0.5, 0.6) is 0 Å². The highest BCUT2D eigenvalue weighted by molar-refractivity contribution is 6.38. The van der Waals surface area contributed by atoms with Crippen LogP contribution in [0.1, 0.15) is 67.6 Å². The van der Waals surface area contributed by atoms with Crippen LogP contribution in [0.25, 0.3) is 0 Å². The van der Waals surface area contributed by atoms with Crippen LogP contribution in [-0.4, -0.2) is 77.2 Å². The first kappa shape index (κ1) is 35.3. The summed E-state index contributed by atoms with van der Waals surface area (Å²) in [5, 5.41) is 10.2. The van der Waals surface area contributed by atoms with Crippen LogP contribution in [0.2, 0.25) is 0 Å². The van der Waals surface area contributed by atoms with Crippen molar-refractivity contribution in [2.75, 3.05) is 13.1 Å². The number of rotatable bonds is 12. The van der Waals surface area contributed by atoms with Gasteiger partial charge in [0, 0.05) is 6.54 Å². The highest BCUT2D eigenvalue weighted by Crippen LogP contribution is 2.65. The van der Waals surface area contributed by atoms with Crippen LogP contribution < -0.4 is 21.3 Å². The lowest BCUT2D eigenvalue weighted by atomic mass is 9.85. The average molecular weight is 630 g/mol. The van der Waals surface area contributed by atoms with Crippen molar-refractivity contribution in [2.24, 2.45) is 22.7 Å². The van der Waals surface area contributed by atoms with Crippen molar-refractivity contribution >= 4 is 35.5 Å². The fourth-order valence-corrected chi connectivity index (χ4v) is 5.78. The van der Waals surface area contributed by atoms with Gasteiger partial charge in [-0.2, -0.15) is 0 Å². The zero-order chi connectivity index (χ0) is 33.9. The lowest BCUT2D eigenvalue weighted by Gasteiger charge is -2.38. The maximum atomic E-state index is 14.0. The lowest BCUT2D eigenvalue weighted by Crippen LogP contribution is -2.60. The number of nitrogens with one attached hydrogen (secondary N) is 4. The minimum Gasteiger partial charge on any atom is -0.467 e. The Balaban J connectivity index is 1.71. The molecule has 1 saturated heterocycles. The van der Waals surface area contributed by atoms with E-state index in [1.807, 2.05) is 13.8 Å². The van der Waals surface area contributed by atoms with E-state index < -0.39 is 71.2 Å². The molecule has 3 rings (SSSR count). The molecule has 1 aromatic rings. The molecular weight excluding hydrogens is 582 g/mol. The van der Waals surface area contributed by atoms with E-state index in [2.05, 4.69) is 27.8 Å². The summed E-state index contributed by atoms with van der Waals surface area (Å²) in [5.74, 6) is -3.19. The van der Waals surface area contributed by atoms with E-state index in [0.29, 0.717) is 12.3 Å². The summed E-state index contributed by atoms with van der Waals surface area (Å²) in [5.41, 5.74) is -1.73. The number of alkyl carbamates (subject to hydrolysis) is 1. The van der Waals surface area contributed by atoms with Crippen molar-refractivity contribution in [3.05, 3.63) is 36.8 Å². The van der Waals surface area contributed by atoms with Gasteiger partial charge in [0.15, 0.2) is 0 Å². The Labute approximate surface area is 264 Å². The van der Waals surface area contributed by atoms with Gasteiger partial charge in [-0.05, 0) is 62.0 Å². The van der Waals surface area contributed by atoms with Crippen molar-refractivity contribution in [2.45, 2.75) is 92.1 Å². The first-order valence-electron chi connectivity index (χ1n) is 15.1. The monoisotopic (exact) mass is 629 g/mol. The molecule has 0 radical (unpaired) electrons.